The summed E-state index contributed by atoms with van der Waals surface area (Å²) in [6, 6.07) is 3.54. The van der Waals surface area contributed by atoms with Gasteiger partial charge in [0, 0.05) is 0 Å². The molecule has 4 N–H and O–H groups in total. The average molecular weight is 240 g/mol. The van der Waals surface area contributed by atoms with Crippen LogP contribution in [-0.4, -0.2) is 38.3 Å². The Kier molecular flexibility index (Phi) is 3.82. The Morgan fingerprint density at radius 3 is 2.29 bits per heavy atom. The van der Waals surface area contributed by atoms with Gasteiger partial charge in [0.2, 0.25) is 0 Å². The fourth-order valence-corrected chi connectivity index (χ4v) is 1.34. The maximum Gasteiger partial charge on any atom is 0.335 e. The molecule has 2 unspecified atom stereocenters. The predicted octanol–water partition coefficient (Wildman–Crippen LogP) is 0.0737. The lowest BCUT2D eigenvalue weighted by Gasteiger charge is -2.15. The molecule has 0 fully saturated rings. The maximum atomic E-state index is 11.1. The number of carbonyl (C=O) groups excluding carboxylic acids is 1. The normalized spacial score (nSPS) is 14.1. The Morgan fingerprint density at radius 2 is 1.82 bits per heavy atom. The number of hydrogen-bond donors (Lipinski definition) is 4. The number of Topliss-reactive ketones (excluding diaryl/α,β-unsaturated/α-hetero) is 1. The number of benzene rings is 1. The number of aliphatic hydroxyl groups is 2. The Labute approximate surface area is 96.8 Å². The van der Waals surface area contributed by atoms with Gasteiger partial charge in [0.05, 0.1) is 5.56 Å². The zero-order chi connectivity index (χ0) is 13.2. The van der Waals surface area contributed by atoms with Crippen LogP contribution in [0.3, 0.4) is 0 Å². The quantitative estimate of drug-likeness (QED) is 0.554. The molecule has 0 saturated carbocycles. The van der Waals surface area contributed by atoms with E-state index in [1.54, 1.807) is 0 Å². The fourth-order valence-electron chi connectivity index (χ4n) is 1.34. The molecule has 1 aromatic carbocycles. The smallest absolute Gasteiger partial charge is 0.335 e. The molecule has 0 aliphatic rings. The second-order valence-corrected chi connectivity index (χ2v) is 3.56. The summed E-state index contributed by atoms with van der Waals surface area (Å²) >= 11 is 0. The van der Waals surface area contributed by atoms with Gasteiger partial charge in [0.15, 0.2) is 11.9 Å². The third-order valence-corrected chi connectivity index (χ3v) is 2.29. The zero-order valence-corrected chi connectivity index (χ0v) is 8.99. The number of aliphatic carboxylic acids is 1. The summed E-state index contributed by atoms with van der Waals surface area (Å²) in [6.45, 7) is 1.22. The molecular weight excluding hydrogens is 228 g/mol. The lowest BCUT2D eigenvalue weighted by Crippen LogP contribution is -2.27. The second kappa shape index (κ2) is 4.94. The van der Waals surface area contributed by atoms with Crippen molar-refractivity contribution in [2.75, 3.05) is 0 Å². The summed E-state index contributed by atoms with van der Waals surface area (Å²) < 4.78 is 0. The summed E-state index contributed by atoms with van der Waals surface area (Å²) in [4.78, 5) is 21.6. The lowest BCUT2D eigenvalue weighted by molar-refractivity contribution is -0.153. The first-order valence-electron chi connectivity index (χ1n) is 4.77. The van der Waals surface area contributed by atoms with E-state index in [1.807, 2.05) is 0 Å². The van der Waals surface area contributed by atoms with Crippen LogP contribution in [0.4, 0.5) is 0 Å². The number of ketones is 1. The second-order valence-electron chi connectivity index (χ2n) is 3.56. The molecule has 6 heteroatoms. The monoisotopic (exact) mass is 240 g/mol. The molecule has 0 radical (unpaired) electrons. The number of aromatic hydroxyl groups is 1. The molecule has 0 aliphatic carbocycles. The minimum Gasteiger partial charge on any atom is -0.507 e. The summed E-state index contributed by atoms with van der Waals surface area (Å²) in [5.41, 5.74) is 0.00189. The van der Waals surface area contributed by atoms with E-state index >= 15 is 0 Å². The SMILES string of the molecule is CC(=O)c1cc(C(O)C(O)C(=O)O)ccc1O. The van der Waals surface area contributed by atoms with Crippen molar-refractivity contribution in [1.29, 1.82) is 0 Å². The van der Waals surface area contributed by atoms with Crippen molar-refractivity contribution in [2.24, 2.45) is 0 Å². The average Bonchev–Trinajstić information content (AvgIpc) is 2.27. The molecule has 0 heterocycles. The van der Waals surface area contributed by atoms with Gasteiger partial charge in [-0.05, 0) is 24.6 Å². The van der Waals surface area contributed by atoms with Crippen molar-refractivity contribution in [3.05, 3.63) is 29.3 Å². The van der Waals surface area contributed by atoms with Crippen molar-refractivity contribution >= 4 is 11.8 Å². The third-order valence-electron chi connectivity index (χ3n) is 2.29. The van der Waals surface area contributed by atoms with Gasteiger partial charge in [-0.15, -0.1) is 0 Å². The highest BCUT2D eigenvalue weighted by Gasteiger charge is 2.25. The number of phenols is 1. The van der Waals surface area contributed by atoms with Gasteiger partial charge in [-0.2, -0.15) is 0 Å². The summed E-state index contributed by atoms with van der Waals surface area (Å²) in [5, 5.41) is 36.6. The summed E-state index contributed by atoms with van der Waals surface area (Å²) in [5.74, 6) is -2.27. The van der Waals surface area contributed by atoms with E-state index in [0.29, 0.717) is 0 Å². The van der Waals surface area contributed by atoms with Gasteiger partial charge in [-0.25, -0.2) is 4.79 Å². The highest BCUT2D eigenvalue weighted by Crippen LogP contribution is 2.24. The number of rotatable bonds is 4. The first-order valence-corrected chi connectivity index (χ1v) is 4.77. The molecule has 0 aliphatic heterocycles. The van der Waals surface area contributed by atoms with Crippen LogP contribution in [0.5, 0.6) is 5.75 Å². The predicted molar refractivity (Wildman–Crippen MR) is 56.7 cm³/mol. The molecular formula is C11H12O6. The van der Waals surface area contributed by atoms with E-state index < -0.39 is 24.0 Å². The van der Waals surface area contributed by atoms with E-state index in [1.165, 1.54) is 13.0 Å². The van der Waals surface area contributed by atoms with Crippen molar-refractivity contribution in [2.45, 2.75) is 19.1 Å². The van der Waals surface area contributed by atoms with Crippen molar-refractivity contribution in [3.8, 4) is 5.75 Å². The summed E-state index contributed by atoms with van der Waals surface area (Å²) in [6.07, 6.45) is -3.65. The zero-order valence-electron chi connectivity index (χ0n) is 8.99. The summed E-state index contributed by atoms with van der Waals surface area (Å²) in [7, 11) is 0. The van der Waals surface area contributed by atoms with Crippen LogP contribution in [0, 0.1) is 0 Å². The molecule has 6 nitrogen and oxygen atoms in total. The standard InChI is InChI=1S/C11H12O6/c1-5(12)7-4-6(2-3-8(7)13)9(14)10(15)11(16)17/h2-4,9-10,13-15H,1H3,(H,16,17). The number of aliphatic hydroxyl groups excluding tert-OH is 2. The van der Waals surface area contributed by atoms with E-state index in [0.717, 1.165) is 12.1 Å². The highest BCUT2D eigenvalue weighted by atomic mass is 16.4. The largest absolute Gasteiger partial charge is 0.507 e. The molecule has 0 spiro atoms. The molecule has 1 aromatic rings. The number of carboxylic acid groups (broad SMARTS) is 1. The molecule has 0 amide bonds. The van der Waals surface area contributed by atoms with Crippen LogP contribution in [0.1, 0.15) is 28.9 Å². The molecule has 17 heavy (non-hydrogen) atoms. The number of phenolic OH excluding ortho intramolecular Hbond substituents is 1. The highest BCUT2D eigenvalue weighted by molar-refractivity contribution is 5.96. The Morgan fingerprint density at radius 1 is 1.24 bits per heavy atom. The third kappa shape index (κ3) is 2.80. The van der Waals surface area contributed by atoms with Gasteiger partial charge >= 0.3 is 5.97 Å². The first-order chi connectivity index (χ1) is 7.84. The molecule has 0 bridgehead atoms. The van der Waals surface area contributed by atoms with E-state index in [9.17, 15) is 19.8 Å². The van der Waals surface area contributed by atoms with Gasteiger partial charge < -0.3 is 20.4 Å². The van der Waals surface area contributed by atoms with Crippen LogP contribution in [0.25, 0.3) is 0 Å². The van der Waals surface area contributed by atoms with Gasteiger partial charge in [-0.3, -0.25) is 4.79 Å². The van der Waals surface area contributed by atoms with E-state index in [-0.39, 0.29) is 16.9 Å². The molecule has 0 aromatic heterocycles. The fraction of sp³-hybridized carbons (Fsp3) is 0.273. The molecule has 2 atom stereocenters. The minimum atomic E-state index is -1.99. The van der Waals surface area contributed by atoms with Crippen LogP contribution in [0.15, 0.2) is 18.2 Å². The van der Waals surface area contributed by atoms with Crippen LogP contribution >= 0.6 is 0 Å². The lowest BCUT2D eigenvalue weighted by atomic mass is 10.00. The molecule has 1 rings (SSSR count). The van der Waals surface area contributed by atoms with Crippen molar-refractivity contribution in [3.63, 3.8) is 0 Å². The van der Waals surface area contributed by atoms with Gasteiger partial charge in [0.25, 0.3) is 0 Å². The van der Waals surface area contributed by atoms with Gasteiger partial charge in [0.1, 0.15) is 11.9 Å². The first kappa shape index (κ1) is 13.1. The van der Waals surface area contributed by atoms with Crippen LogP contribution < -0.4 is 0 Å². The van der Waals surface area contributed by atoms with Crippen LogP contribution in [-0.2, 0) is 4.79 Å². The van der Waals surface area contributed by atoms with E-state index in [2.05, 4.69) is 0 Å². The van der Waals surface area contributed by atoms with E-state index in [4.69, 9.17) is 10.2 Å². The Balaban J connectivity index is 3.11. The molecule has 0 saturated heterocycles. The van der Waals surface area contributed by atoms with Crippen molar-refractivity contribution in [1.82, 2.24) is 0 Å². The number of carboxylic acids is 1. The maximum absolute atomic E-state index is 11.1. The van der Waals surface area contributed by atoms with Gasteiger partial charge in [-0.1, -0.05) is 6.07 Å². The Bertz CT molecular complexity index is 453. The Hall–Kier alpha value is -1.92. The molecule has 92 valence electrons. The van der Waals surface area contributed by atoms with Crippen LogP contribution in [0.2, 0.25) is 0 Å². The topological polar surface area (TPSA) is 115 Å². The van der Waals surface area contributed by atoms with Crippen molar-refractivity contribution < 1.29 is 30.0 Å². The minimum absolute atomic E-state index is 0.0425. The number of carbonyl (C=O) groups is 2. The number of hydrogen-bond acceptors (Lipinski definition) is 5.